The van der Waals surface area contributed by atoms with Crippen LogP contribution in [-0.4, -0.2) is 20.9 Å². The molecule has 1 aromatic carbocycles. The smallest absolute Gasteiger partial charge is 0.356 e. The maximum absolute atomic E-state index is 10.9. The van der Waals surface area contributed by atoms with Crippen molar-refractivity contribution < 1.29 is 9.90 Å². The molecule has 2 rings (SSSR count). The molecule has 5 heteroatoms. The first-order valence-corrected chi connectivity index (χ1v) is 5.83. The monoisotopic (exact) mass is 294 g/mol. The fraction of sp³-hybridized carbons (Fsp3) is 0.167. The van der Waals surface area contributed by atoms with Gasteiger partial charge in [0.1, 0.15) is 0 Å². The van der Waals surface area contributed by atoms with Crippen LogP contribution in [-0.2, 0) is 7.05 Å². The van der Waals surface area contributed by atoms with E-state index in [0.29, 0.717) is 0 Å². The van der Waals surface area contributed by atoms with Crippen molar-refractivity contribution in [2.75, 3.05) is 0 Å². The Kier molecular flexibility index (Phi) is 3.02. The van der Waals surface area contributed by atoms with E-state index in [1.165, 1.54) is 0 Å². The van der Waals surface area contributed by atoms with E-state index < -0.39 is 5.97 Å². The van der Waals surface area contributed by atoms with E-state index in [0.717, 1.165) is 21.3 Å². The SMILES string of the molecule is Cc1cccc(-c2cc(C(=O)O)nn2C)c1Br. The molecule has 0 aliphatic carbocycles. The van der Waals surface area contributed by atoms with Gasteiger partial charge in [-0.05, 0) is 34.5 Å². The van der Waals surface area contributed by atoms with Crippen LogP contribution in [0.15, 0.2) is 28.7 Å². The van der Waals surface area contributed by atoms with Crippen molar-refractivity contribution in [1.82, 2.24) is 9.78 Å². The number of aromatic nitrogens is 2. The van der Waals surface area contributed by atoms with Crippen LogP contribution < -0.4 is 0 Å². The lowest BCUT2D eigenvalue weighted by Gasteiger charge is -2.06. The number of carbonyl (C=O) groups is 1. The number of benzene rings is 1. The molecule has 0 amide bonds. The van der Waals surface area contributed by atoms with Crippen molar-refractivity contribution in [2.45, 2.75) is 6.92 Å². The molecule has 17 heavy (non-hydrogen) atoms. The second-order valence-electron chi connectivity index (χ2n) is 3.78. The van der Waals surface area contributed by atoms with Crippen molar-refractivity contribution in [3.8, 4) is 11.3 Å². The molecule has 0 aliphatic heterocycles. The summed E-state index contributed by atoms with van der Waals surface area (Å²) in [6.45, 7) is 1.99. The van der Waals surface area contributed by atoms with E-state index in [1.54, 1.807) is 17.8 Å². The highest BCUT2D eigenvalue weighted by Crippen LogP contribution is 2.30. The van der Waals surface area contributed by atoms with Crippen LogP contribution in [0.5, 0.6) is 0 Å². The third kappa shape index (κ3) is 2.10. The van der Waals surface area contributed by atoms with Crippen LogP contribution in [0.3, 0.4) is 0 Å². The fourth-order valence-electron chi connectivity index (χ4n) is 1.67. The zero-order valence-corrected chi connectivity index (χ0v) is 11.0. The van der Waals surface area contributed by atoms with E-state index in [-0.39, 0.29) is 5.69 Å². The Morgan fingerprint density at radius 1 is 1.47 bits per heavy atom. The van der Waals surface area contributed by atoms with Crippen LogP contribution in [0.4, 0.5) is 0 Å². The third-order valence-corrected chi connectivity index (χ3v) is 3.62. The minimum atomic E-state index is -1.02. The highest BCUT2D eigenvalue weighted by Gasteiger charge is 2.14. The lowest BCUT2D eigenvalue weighted by atomic mass is 10.1. The van der Waals surface area contributed by atoms with E-state index in [4.69, 9.17) is 5.11 Å². The molecule has 1 heterocycles. The van der Waals surface area contributed by atoms with Crippen LogP contribution in [0.1, 0.15) is 16.1 Å². The number of aryl methyl sites for hydroxylation is 2. The van der Waals surface area contributed by atoms with Crippen molar-refractivity contribution in [3.63, 3.8) is 0 Å². The predicted molar refractivity (Wildman–Crippen MR) is 68.0 cm³/mol. The highest BCUT2D eigenvalue weighted by atomic mass is 79.9. The number of halogens is 1. The van der Waals surface area contributed by atoms with Crippen molar-refractivity contribution in [1.29, 1.82) is 0 Å². The molecule has 4 nitrogen and oxygen atoms in total. The summed E-state index contributed by atoms with van der Waals surface area (Å²) >= 11 is 3.51. The standard InChI is InChI=1S/C12H11BrN2O2/c1-7-4-3-5-8(11(7)13)10-6-9(12(16)17)14-15(10)2/h3-6H,1-2H3,(H,16,17). The summed E-state index contributed by atoms with van der Waals surface area (Å²) < 4.78 is 2.53. The summed E-state index contributed by atoms with van der Waals surface area (Å²) in [5.74, 6) is -1.02. The molecule has 0 saturated carbocycles. The molecule has 1 aromatic heterocycles. The summed E-state index contributed by atoms with van der Waals surface area (Å²) in [5.41, 5.74) is 2.86. The molecule has 2 aromatic rings. The Bertz CT molecular complexity index is 590. The topological polar surface area (TPSA) is 55.1 Å². The molecule has 0 saturated heterocycles. The van der Waals surface area contributed by atoms with Crippen LogP contribution in [0, 0.1) is 6.92 Å². The Hall–Kier alpha value is -1.62. The molecule has 0 unspecified atom stereocenters. The Labute approximate surface area is 107 Å². The van der Waals surface area contributed by atoms with E-state index in [2.05, 4.69) is 21.0 Å². The number of rotatable bonds is 2. The number of hydrogen-bond donors (Lipinski definition) is 1. The summed E-state index contributed by atoms with van der Waals surface area (Å²) in [5, 5.41) is 12.9. The Balaban J connectivity index is 2.60. The Morgan fingerprint density at radius 3 is 2.76 bits per heavy atom. The quantitative estimate of drug-likeness (QED) is 0.927. The van der Waals surface area contributed by atoms with Crippen LogP contribution in [0.25, 0.3) is 11.3 Å². The summed E-state index contributed by atoms with van der Waals surface area (Å²) in [7, 11) is 1.73. The van der Waals surface area contributed by atoms with Gasteiger partial charge in [-0.3, -0.25) is 4.68 Å². The molecule has 0 bridgehead atoms. The van der Waals surface area contributed by atoms with Gasteiger partial charge >= 0.3 is 5.97 Å². The van der Waals surface area contributed by atoms with Gasteiger partial charge in [-0.15, -0.1) is 0 Å². The van der Waals surface area contributed by atoms with Gasteiger partial charge < -0.3 is 5.11 Å². The lowest BCUT2D eigenvalue weighted by molar-refractivity contribution is 0.0689. The zero-order chi connectivity index (χ0) is 12.6. The summed E-state index contributed by atoms with van der Waals surface area (Å²) in [6, 6.07) is 7.42. The number of carboxylic acid groups (broad SMARTS) is 1. The largest absolute Gasteiger partial charge is 0.476 e. The van der Waals surface area contributed by atoms with Crippen LogP contribution in [0.2, 0.25) is 0 Å². The van der Waals surface area contributed by atoms with Crippen molar-refractivity contribution >= 4 is 21.9 Å². The number of aromatic carboxylic acids is 1. The highest BCUT2D eigenvalue weighted by molar-refractivity contribution is 9.10. The van der Waals surface area contributed by atoms with Crippen LogP contribution >= 0.6 is 15.9 Å². The molecular weight excluding hydrogens is 284 g/mol. The van der Waals surface area contributed by atoms with Gasteiger partial charge in [-0.2, -0.15) is 5.10 Å². The van der Waals surface area contributed by atoms with Gasteiger partial charge in [0.2, 0.25) is 0 Å². The van der Waals surface area contributed by atoms with Gasteiger partial charge in [-0.1, -0.05) is 18.2 Å². The molecule has 0 aliphatic rings. The Morgan fingerprint density at radius 2 is 2.18 bits per heavy atom. The predicted octanol–water partition coefficient (Wildman–Crippen LogP) is 2.86. The van der Waals surface area contributed by atoms with Crippen molar-refractivity contribution in [3.05, 3.63) is 40.0 Å². The van der Waals surface area contributed by atoms with E-state index >= 15 is 0 Å². The molecule has 0 spiro atoms. The minimum Gasteiger partial charge on any atom is -0.476 e. The number of hydrogen-bond acceptors (Lipinski definition) is 2. The maximum atomic E-state index is 10.9. The minimum absolute atomic E-state index is 0.0518. The molecule has 0 atom stereocenters. The summed E-state index contributed by atoms with van der Waals surface area (Å²) in [4.78, 5) is 10.9. The first-order valence-electron chi connectivity index (χ1n) is 5.03. The van der Waals surface area contributed by atoms with Crippen molar-refractivity contribution in [2.24, 2.45) is 7.05 Å². The second kappa shape index (κ2) is 4.33. The lowest BCUT2D eigenvalue weighted by Crippen LogP contribution is -1.99. The first-order chi connectivity index (χ1) is 8.00. The fourth-order valence-corrected chi connectivity index (χ4v) is 2.14. The molecular formula is C12H11BrN2O2. The second-order valence-corrected chi connectivity index (χ2v) is 4.57. The summed E-state index contributed by atoms with van der Waals surface area (Å²) in [6.07, 6.45) is 0. The average Bonchev–Trinajstić information content (AvgIpc) is 2.65. The molecule has 88 valence electrons. The normalized spacial score (nSPS) is 10.5. The molecule has 0 radical (unpaired) electrons. The van der Waals surface area contributed by atoms with Gasteiger partial charge in [0.25, 0.3) is 0 Å². The number of nitrogens with zero attached hydrogens (tertiary/aromatic N) is 2. The first kappa shape index (κ1) is 11.9. The van der Waals surface area contributed by atoms with Gasteiger partial charge in [0.05, 0.1) is 5.69 Å². The maximum Gasteiger partial charge on any atom is 0.356 e. The van der Waals surface area contributed by atoms with Gasteiger partial charge in [0, 0.05) is 17.1 Å². The average molecular weight is 295 g/mol. The van der Waals surface area contributed by atoms with E-state index in [9.17, 15) is 4.79 Å². The number of carboxylic acids is 1. The zero-order valence-electron chi connectivity index (χ0n) is 9.44. The van der Waals surface area contributed by atoms with E-state index in [1.807, 2.05) is 25.1 Å². The van der Waals surface area contributed by atoms with Gasteiger partial charge in [-0.25, -0.2) is 4.79 Å². The third-order valence-electron chi connectivity index (χ3n) is 2.57. The molecule has 0 fully saturated rings. The van der Waals surface area contributed by atoms with Gasteiger partial charge in [0.15, 0.2) is 5.69 Å². The molecule has 1 N–H and O–H groups in total.